The van der Waals surface area contributed by atoms with E-state index in [1.165, 1.54) is 63.0 Å². The minimum absolute atomic E-state index is 0.234. The second-order valence-corrected chi connectivity index (χ2v) is 11.8. The maximum atomic E-state index is 12.1. The van der Waals surface area contributed by atoms with Crippen molar-refractivity contribution in [2.75, 3.05) is 45.2 Å². The number of nitrogens with zero attached hydrogens (tertiary/aromatic N) is 4. The number of likely N-dealkylation sites (tertiary alicyclic amines) is 2. The van der Waals surface area contributed by atoms with E-state index >= 15 is 0 Å². The van der Waals surface area contributed by atoms with E-state index in [1.54, 1.807) is 0 Å². The zero-order chi connectivity index (χ0) is 24.7. The molecule has 6 heteroatoms. The number of benzene rings is 2. The number of hydrogen-bond acceptors (Lipinski definition) is 4. The summed E-state index contributed by atoms with van der Waals surface area (Å²) in [5.74, 6) is 1.55. The lowest BCUT2D eigenvalue weighted by molar-refractivity contribution is 0.0966. The molecule has 2 saturated heterocycles. The van der Waals surface area contributed by atoms with Crippen molar-refractivity contribution >= 4 is 39.4 Å². The van der Waals surface area contributed by atoms with Crippen LogP contribution in [0.3, 0.4) is 0 Å². The Kier molecular flexibility index (Phi) is 6.90. The van der Waals surface area contributed by atoms with Gasteiger partial charge in [0, 0.05) is 23.0 Å². The largest absolute Gasteiger partial charge is 0.306 e. The van der Waals surface area contributed by atoms with Crippen LogP contribution in [-0.4, -0.2) is 68.2 Å². The van der Waals surface area contributed by atoms with Gasteiger partial charge in [-0.3, -0.25) is 14.7 Å². The molecule has 2 aromatic carbocycles. The van der Waals surface area contributed by atoms with Crippen LogP contribution in [0, 0.1) is 0 Å². The third-order valence-electron chi connectivity index (χ3n) is 8.51. The van der Waals surface area contributed by atoms with Crippen LogP contribution in [0.5, 0.6) is 0 Å². The van der Waals surface area contributed by atoms with Gasteiger partial charge in [0.05, 0.1) is 16.9 Å². The number of hydrogen-bond donors (Lipinski definition) is 0. The van der Waals surface area contributed by atoms with Crippen LogP contribution in [0.25, 0.3) is 0 Å². The van der Waals surface area contributed by atoms with E-state index in [9.17, 15) is 4.79 Å². The summed E-state index contributed by atoms with van der Waals surface area (Å²) in [6.07, 6.45) is 5.96. The van der Waals surface area contributed by atoms with Crippen LogP contribution in [-0.2, 0) is 5.41 Å². The third-order valence-corrected chi connectivity index (χ3v) is 9.20. The van der Waals surface area contributed by atoms with Crippen molar-refractivity contribution in [2.45, 2.75) is 56.9 Å². The first-order chi connectivity index (χ1) is 16.8. The van der Waals surface area contributed by atoms with Gasteiger partial charge in [0.2, 0.25) is 0 Å². The minimum Gasteiger partial charge on any atom is -0.306 e. The van der Waals surface area contributed by atoms with Crippen LogP contribution in [0.2, 0.25) is 0 Å². The molecule has 2 fully saturated rings. The van der Waals surface area contributed by atoms with E-state index < -0.39 is 0 Å². The van der Waals surface area contributed by atoms with Gasteiger partial charge < -0.3 is 9.80 Å². The monoisotopic (exact) mass is 536 g/mol. The van der Waals surface area contributed by atoms with Crippen molar-refractivity contribution in [1.82, 2.24) is 9.80 Å². The molecule has 2 aromatic rings. The quantitative estimate of drug-likeness (QED) is 0.449. The van der Waals surface area contributed by atoms with Crippen LogP contribution in [0.1, 0.15) is 66.9 Å². The van der Waals surface area contributed by atoms with Crippen molar-refractivity contribution in [3.05, 3.63) is 57.6 Å². The lowest BCUT2D eigenvalue weighted by Crippen LogP contribution is -2.46. The molecule has 0 spiro atoms. The van der Waals surface area contributed by atoms with Gasteiger partial charge in [0.15, 0.2) is 6.29 Å². The molecule has 186 valence electrons. The normalized spacial score (nSPS) is 23.1. The Labute approximate surface area is 218 Å². The second-order valence-electron chi connectivity index (χ2n) is 10.9. The fourth-order valence-electron chi connectivity index (χ4n) is 6.45. The highest BCUT2D eigenvalue weighted by Gasteiger charge is 2.43. The Morgan fingerprint density at radius 2 is 1.71 bits per heavy atom. The topological polar surface area (TPSA) is 39.2 Å². The molecule has 0 aromatic heterocycles. The number of anilines is 2. The summed E-state index contributed by atoms with van der Waals surface area (Å²) in [5.41, 5.74) is 5.15. The summed E-state index contributed by atoms with van der Waals surface area (Å²) in [4.78, 5) is 24.2. The van der Waals surface area contributed by atoms with Gasteiger partial charge in [-0.25, -0.2) is 0 Å². The highest BCUT2D eigenvalue weighted by atomic mass is 79.9. The predicted molar refractivity (Wildman–Crippen MR) is 149 cm³/mol. The fraction of sp³-hybridized carbons (Fsp3) is 0.517. The number of rotatable bonds is 4. The highest BCUT2D eigenvalue weighted by Crippen LogP contribution is 2.48. The Morgan fingerprint density at radius 1 is 1.00 bits per heavy atom. The molecule has 0 saturated carbocycles. The van der Waals surface area contributed by atoms with E-state index in [2.05, 4.69) is 69.7 Å². The Morgan fingerprint density at radius 3 is 2.37 bits per heavy atom. The molecular formula is C29H37BrN4O. The zero-order valence-corrected chi connectivity index (χ0v) is 23.0. The average molecular weight is 538 g/mol. The van der Waals surface area contributed by atoms with E-state index in [4.69, 9.17) is 4.99 Å². The van der Waals surface area contributed by atoms with Crippen molar-refractivity contribution < 1.29 is 4.79 Å². The van der Waals surface area contributed by atoms with Gasteiger partial charge in [-0.05, 0) is 124 Å². The summed E-state index contributed by atoms with van der Waals surface area (Å²) < 4.78 is 0.809. The molecule has 0 aliphatic carbocycles. The zero-order valence-electron chi connectivity index (χ0n) is 21.4. The molecule has 0 radical (unpaired) electrons. The van der Waals surface area contributed by atoms with Gasteiger partial charge in [0.25, 0.3) is 0 Å². The van der Waals surface area contributed by atoms with Crippen LogP contribution in [0.4, 0.5) is 11.4 Å². The Bertz CT molecular complexity index is 1130. The number of carbonyl (C=O) groups is 1. The van der Waals surface area contributed by atoms with Gasteiger partial charge in [-0.2, -0.15) is 0 Å². The Balaban J connectivity index is 1.44. The van der Waals surface area contributed by atoms with Crippen molar-refractivity contribution in [2.24, 2.45) is 4.99 Å². The fourth-order valence-corrected chi connectivity index (χ4v) is 6.90. The maximum absolute atomic E-state index is 12.1. The molecule has 5 nitrogen and oxygen atoms in total. The summed E-state index contributed by atoms with van der Waals surface area (Å²) >= 11 is 3.58. The molecule has 3 aliphatic heterocycles. The van der Waals surface area contributed by atoms with E-state index in [0.717, 1.165) is 34.0 Å². The van der Waals surface area contributed by atoms with Gasteiger partial charge >= 0.3 is 0 Å². The summed E-state index contributed by atoms with van der Waals surface area (Å²) in [6.45, 7) is 9.28. The number of amidine groups is 1. The molecule has 3 aliphatic rings. The molecule has 0 amide bonds. The van der Waals surface area contributed by atoms with Crippen LogP contribution in [0.15, 0.2) is 45.9 Å². The molecule has 0 atom stereocenters. The average Bonchev–Trinajstić information content (AvgIpc) is 3.10. The first-order valence-electron chi connectivity index (χ1n) is 12.9. The van der Waals surface area contributed by atoms with Crippen molar-refractivity contribution in [1.29, 1.82) is 0 Å². The van der Waals surface area contributed by atoms with Gasteiger partial charge in [0.1, 0.15) is 5.84 Å². The van der Waals surface area contributed by atoms with Gasteiger partial charge in [-0.1, -0.05) is 18.2 Å². The minimum atomic E-state index is -0.234. The Hall–Kier alpha value is -2.02. The second kappa shape index (κ2) is 9.79. The lowest BCUT2D eigenvalue weighted by atomic mass is 9.83. The molecule has 0 N–H and O–H groups in total. The lowest BCUT2D eigenvalue weighted by Gasteiger charge is -2.41. The standard InChI is InChI=1S/C29H37BrN4O/c1-29(2)24-9-8-21(20-10-16-33(17-11-20)22-12-14-32(4)15-13-22)18-27(24)34(28(29)31-3)26-7-5-6-25(30)23(26)19-35/h5-9,18-20,22H,10-17H2,1-4H3. The smallest absolute Gasteiger partial charge is 0.153 e. The SMILES string of the molecule is CN=C1N(c2cccc(Br)c2C=O)c2cc(C3CCN(C4CCN(C)CC4)CC3)ccc2C1(C)C. The number of fused-ring (bicyclic) bond motifs is 1. The molecule has 5 rings (SSSR count). The van der Waals surface area contributed by atoms with E-state index in [1.807, 2.05) is 25.2 Å². The maximum Gasteiger partial charge on any atom is 0.153 e. The van der Waals surface area contributed by atoms with E-state index in [0.29, 0.717) is 11.5 Å². The highest BCUT2D eigenvalue weighted by molar-refractivity contribution is 9.10. The molecule has 35 heavy (non-hydrogen) atoms. The van der Waals surface area contributed by atoms with Crippen molar-refractivity contribution in [3.8, 4) is 0 Å². The summed E-state index contributed by atoms with van der Waals surface area (Å²) in [5, 5.41) is 0. The first kappa shape index (κ1) is 24.7. The number of halogens is 1. The van der Waals surface area contributed by atoms with Crippen LogP contribution < -0.4 is 4.90 Å². The third kappa shape index (κ3) is 4.38. The summed E-state index contributed by atoms with van der Waals surface area (Å²) in [7, 11) is 4.09. The molecular weight excluding hydrogens is 500 g/mol. The predicted octanol–water partition coefficient (Wildman–Crippen LogP) is 5.99. The summed E-state index contributed by atoms with van der Waals surface area (Å²) in [6, 6.07) is 13.7. The number of carbonyl (C=O) groups excluding carboxylic acids is 1. The van der Waals surface area contributed by atoms with Gasteiger partial charge in [-0.15, -0.1) is 0 Å². The number of aliphatic imine (C=N–C) groups is 1. The van der Waals surface area contributed by atoms with Crippen LogP contribution >= 0.6 is 15.9 Å². The van der Waals surface area contributed by atoms with E-state index in [-0.39, 0.29) is 5.41 Å². The molecule has 0 bridgehead atoms. The number of piperidine rings is 2. The first-order valence-corrected chi connectivity index (χ1v) is 13.7. The number of aldehydes is 1. The molecule has 0 unspecified atom stereocenters. The van der Waals surface area contributed by atoms with Crippen molar-refractivity contribution in [3.63, 3.8) is 0 Å². The molecule has 3 heterocycles.